The van der Waals surface area contributed by atoms with E-state index in [-0.39, 0.29) is 5.69 Å². The van der Waals surface area contributed by atoms with Crippen molar-refractivity contribution < 1.29 is 0 Å². The van der Waals surface area contributed by atoms with E-state index >= 15 is 0 Å². The Morgan fingerprint density at radius 3 is 2.56 bits per heavy atom. The van der Waals surface area contributed by atoms with Crippen molar-refractivity contribution in [3.63, 3.8) is 0 Å². The first-order chi connectivity index (χ1) is 8.48. The molecule has 3 N–H and O–H groups in total. The van der Waals surface area contributed by atoms with Crippen LogP contribution in [0.3, 0.4) is 0 Å². The minimum Gasteiger partial charge on any atom is -0.381 e. The molecule has 3 rings (SSSR count). The summed E-state index contributed by atoms with van der Waals surface area (Å²) >= 11 is 3.54. The zero-order chi connectivity index (χ0) is 12.9. The largest absolute Gasteiger partial charge is 0.381 e. The van der Waals surface area contributed by atoms with E-state index in [1.807, 2.05) is 12.1 Å². The minimum atomic E-state index is -0.170. The highest BCUT2D eigenvalue weighted by Crippen LogP contribution is 2.49. The lowest BCUT2D eigenvalue weighted by Crippen LogP contribution is -2.25. The van der Waals surface area contributed by atoms with Crippen LogP contribution in [0.2, 0.25) is 0 Å². The third kappa shape index (κ3) is 1.96. The molecule has 1 saturated carbocycles. The normalized spacial score (nSPS) is 18.8. The summed E-state index contributed by atoms with van der Waals surface area (Å²) in [7, 11) is 0. The molecule has 0 radical (unpaired) electrons. The van der Waals surface area contributed by atoms with Crippen LogP contribution in [0.25, 0.3) is 11.0 Å². The molecule has 0 bridgehead atoms. The molecule has 1 atom stereocenters. The molecule has 4 nitrogen and oxygen atoms in total. The number of hydrogen-bond donors (Lipinski definition) is 3. The molecule has 1 aromatic heterocycles. The highest BCUT2D eigenvalue weighted by atomic mass is 79.9. The van der Waals surface area contributed by atoms with Crippen LogP contribution in [0.5, 0.6) is 0 Å². The Hall–Kier alpha value is -1.23. The Kier molecular flexibility index (Phi) is 2.55. The van der Waals surface area contributed by atoms with Crippen molar-refractivity contribution in [2.75, 3.05) is 5.32 Å². The number of rotatable bonds is 3. The van der Waals surface area contributed by atoms with Gasteiger partial charge in [0.25, 0.3) is 0 Å². The summed E-state index contributed by atoms with van der Waals surface area (Å²) in [6.07, 6.45) is 2.56. The van der Waals surface area contributed by atoms with Crippen LogP contribution in [0.15, 0.2) is 21.4 Å². The molecule has 0 aliphatic heterocycles. The number of imidazole rings is 1. The standard InChI is InChI=1S/C13H16BrN3O/c1-7(13(2)3-4-13)15-9-6-11-10(5-8(9)14)16-12(18)17-11/h5-7,15H,3-4H2,1-2H3,(H2,16,17,18). The van der Waals surface area contributed by atoms with Gasteiger partial charge in [-0.15, -0.1) is 0 Å². The van der Waals surface area contributed by atoms with Crippen molar-refractivity contribution in [1.29, 1.82) is 0 Å². The first-order valence-corrected chi connectivity index (χ1v) is 6.95. The average molecular weight is 310 g/mol. The molecule has 0 saturated heterocycles. The molecular weight excluding hydrogens is 294 g/mol. The third-order valence-electron chi connectivity index (χ3n) is 4.06. The van der Waals surface area contributed by atoms with E-state index < -0.39 is 0 Å². The van der Waals surface area contributed by atoms with Crippen LogP contribution in [0, 0.1) is 5.41 Å². The second kappa shape index (κ2) is 3.88. The summed E-state index contributed by atoms with van der Waals surface area (Å²) in [5.41, 5.74) is 2.93. The third-order valence-corrected chi connectivity index (χ3v) is 4.72. The summed E-state index contributed by atoms with van der Waals surface area (Å²) in [5.74, 6) is 0. The Balaban J connectivity index is 1.95. The molecule has 1 unspecified atom stereocenters. The number of fused-ring (bicyclic) bond motifs is 1. The summed E-state index contributed by atoms with van der Waals surface area (Å²) in [5, 5.41) is 3.53. The molecule has 18 heavy (non-hydrogen) atoms. The number of hydrogen-bond acceptors (Lipinski definition) is 2. The van der Waals surface area contributed by atoms with Crippen molar-refractivity contribution in [2.24, 2.45) is 5.41 Å². The van der Waals surface area contributed by atoms with Gasteiger partial charge in [-0.25, -0.2) is 4.79 Å². The summed E-state index contributed by atoms with van der Waals surface area (Å²) in [6, 6.07) is 4.33. The van der Waals surface area contributed by atoms with Crippen LogP contribution >= 0.6 is 15.9 Å². The van der Waals surface area contributed by atoms with Gasteiger partial charge in [0, 0.05) is 10.5 Å². The molecule has 96 valence electrons. The monoisotopic (exact) mass is 309 g/mol. The summed E-state index contributed by atoms with van der Waals surface area (Å²) in [4.78, 5) is 16.8. The lowest BCUT2D eigenvalue weighted by atomic mass is 10.0. The number of H-pyrrole nitrogens is 2. The van der Waals surface area contributed by atoms with Gasteiger partial charge in [0.15, 0.2) is 0 Å². The highest BCUT2D eigenvalue weighted by Gasteiger charge is 2.42. The van der Waals surface area contributed by atoms with E-state index in [0.29, 0.717) is 11.5 Å². The van der Waals surface area contributed by atoms with Gasteiger partial charge in [0.05, 0.1) is 16.7 Å². The number of nitrogens with one attached hydrogen (secondary N) is 3. The van der Waals surface area contributed by atoms with Gasteiger partial charge in [0.1, 0.15) is 0 Å². The van der Waals surface area contributed by atoms with Crippen LogP contribution in [-0.2, 0) is 0 Å². The number of aromatic nitrogens is 2. The maximum atomic E-state index is 11.3. The van der Waals surface area contributed by atoms with E-state index in [0.717, 1.165) is 21.2 Å². The fourth-order valence-electron chi connectivity index (χ4n) is 2.20. The van der Waals surface area contributed by atoms with E-state index in [4.69, 9.17) is 0 Å². The van der Waals surface area contributed by atoms with Crippen molar-refractivity contribution in [3.8, 4) is 0 Å². The first-order valence-electron chi connectivity index (χ1n) is 6.16. The number of aromatic amines is 2. The van der Waals surface area contributed by atoms with E-state index in [2.05, 4.69) is 45.1 Å². The van der Waals surface area contributed by atoms with Crippen molar-refractivity contribution in [2.45, 2.75) is 32.7 Å². The SMILES string of the molecule is CC(Nc1cc2[nH]c(=O)[nH]c2cc1Br)C1(C)CC1. The Morgan fingerprint density at radius 2 is 1.94 bits per heavy atom. The van der Waals surface area contributed by atoms with Crippen LogP contribution in [0.4, 0.5) is 5.69 Å². The zero-order valence-corrected chi connectivity index (χ0v) is 12.0. The van der Waals surface area contributed by atoms with Crippen molar-refractivity contribution in [1.82, 2.24) is 9.97 Å². The smallest absolute Gasteiger partial charge is 0.323 e. The second-order valence-electron chi connectivity index (χ2n) is 5.48. The topological polar surface area (TPSA) is 60.7 Å². The Bertz CT molecular complexity index is 654. The molecule has 1 heterocycles. The van der Waals surface area contributed by atoms with Gasteiger partial charge >= 0.3 is 5.69 Å². The maximum Gasteiger partial charge on any atom is 0.323 e. The van der Waals surface area contributed by atoms with Crippen LogP contribution in [-0.4, -0.2) is 16.0 Å². The minimum absolute atomic E-state index is 0.170. The quantitative estimate of drug-likeness (QED) is 0.815. The first kappa shape index (κ1) is 11.8. The fourth-order valence-corrected chi connectivity index (χ4v) is 2.66. The van der Waals surface area contributed by atoms with E-state index in [1.54, 1.807) is 0 Å². The number of benzene rings is 1. The average Bonchev–Trinajstić information content (AvgIpc) is 2.94. The number of anilines is 1. The zero-order valence-electron chi connectivity index (χ0n) is 10.4. The Labute approximate surface area is 113 Å². The molecule has 1 fully saturated rings. The molecular formula is C13H16BrN3O. The van der Waals surface area contributed by atoms with Crippen LogP contribution in [0.1, 0.15) is 26.7 Å². The molecule has 1 aliphatic rings. The molecule has 2 aromatic rings. The van der Waals surface area contributed by atoms with Gasteiger partial charge < -0.3 is 15.3 Å². The predicted molar refractivity (Wildman–Crippen MR) is 77.0 cm³/mol. The second-order valence-corrected chi connectivity index (χ2v) is 6.33. The molecule has 1 aliphatic carbocycles. The predicted octanol–water partition coefficient (Wildman–Crippen LogP) is 3.22. The summed E-state index contributed by atoms with van der Waals surface area (Å²) in [6.45, 7) is 4.51. The Morgan fingerprint density at radius 1 is 1.33 bits per heavy atom. The van der Waals surface area contributed by atoms with Gasteiger partial charge in [-0.1, -0.05) is 6.92 Å². The van der Waals surface area contributed by atoms with Gasteiger partial charge in [-0.3, -0.25) is 0 Å². The van der Waals surface area contributed by atoms with Gasteiger partial charge in [-0.2, -0.15) is 0 Å². The molecule has 0 amide bonds. The maximum absolute atomic E-state index is 11.3. The lowest BCUT2D eigenvalue weighted by molar-refractivity contribution is 0.493. The van der Waals surface area contributed by atoms with E-state index in [1.165, 1.54) is 12.8 Å². The summed E-state index contributed by atoms with van der Waals surface area (Å²) < 4.78 is 0.973. The molecule has 5 heteroatoms. The lowest BCUT2D eigenvalue weighted by Gasteiger charge is -2.22. The molecule has 0 spiro atoms. The van der Waals surface area contributed by atoms with Crippen LogP contribution < -0.4 is 11.0 Å². The fraction of sp³-hybridized carbons (Fsp3) is 0.462. The number of halogens is 1. The van der Waals surface area contributed by atoms with Crippen molar-refractivity contribution in [3.05, 3.63) is 27.1 Å². The van der Waals surface area contributed by atoms with Gasteiger partial charge in [-0.05, 0) is 53.2 Å². The van der Waals surface area contributed by atoms with Gasteiger partial charge in [0.2, 0.25) is 0 Å². The highest BCUT2D eigenvalue weighted by molar-refractivity contribution is 9.10. The van der Waals surface area contributed by atoms with E-state index in [9.17, 15) is 4.79 Å². The van der Waals surface area contributed by atoms with Crippen molar-refractivity contribution >= 4 is 32.7 Å². The molecule has 1 aromatic carbocycles.